The van der Waals surface area contributed by atoms with Gasteiger partial charge in [-0.3, -0.25) is 0 Å². The summed E-state index contributed by atoms with van der Waals surface area (Å²) in [7, 11) is 1.68. The fraction of sp³-hybridized carbons (Fsp3) is 0.250. The minimum atomic E-state index is 0.178. The predicted molar refractivity (Wildman–Crippen MR) is 125 cm³/mol. The van der Waals surface area contributed by atoms with Crippen molar-refractivity contribution < 1.29 is 9.47 Å². The number of hydrogen-bond acceptors (Lipinski definition) is 3. The molecule has 0 spiro atoms. The van der Waals surface area contributed by atoms with Crippen LogP contribution in [0, 0.1) is 0 Å². The van der Waals surface area contributed by atoms with Crippen molar-refractivity contribution in [1.29, 1.82) is 0 Å². The second-order valence-corrected chi connectivity index (χ2v) is 8.53. The number of halogens is 2. The maximum absolute atomic E-state index is 6.09. The van der Waals surface area contributed by atoms with E-state index in [1.807, 2.05) is 36.4 Å². The van der Waals surface area contributed by atoms with Crippen LogP contribution in [0.25, 0.3) is 0 Å². The maximum atomic E-state index is 6.09. The molecule has 1 N–H and O–H groups in total. The van der Waals surface area contributed by atoms with Gasteiger partial charge in [0.15, 0.2) is 0 Å². The van der Waals surface area contributed by atoms with Crippen molar-refractivity contribution >= 4 is 31.9 Å². The Kier molecular flexibility index (Phi) is 8.74. The van der Waals surface area contributed by atoms with Gasteiger partial charge in [0.2, 0.25) is 0 Å². The Labute approximate surface area is 189 Å². The normalized spacial score (nSPS) is 12.0. The summed E-state index contributed by atoms with van der Waals surface area (Å²) in [5.74, 6) is 0.991. The molecular weight excluding hydrogens is 494 g/mol. The fourth-order valence-corrected chi connectivity index (χ4v) is 4.99. The van der Waals surface area contributed by atoms with Crippen molar-refractivity contribution in [2.24, 2.45) is 0 Å². The van der Waals surface area contributed by atoms with Crippen molar-refractivity contribution in [2.45, 2.75) is 19.1 Å². The molecule has 0 amide bonds. The lowest BCUT2D eigenvalue weighted by Crippen LogP contribution is -2.25. The zero-order chi connectivity index (χ0) is 20.5. The van der Waals surface area contributed by atoms with Crippen LogP contribution in [0.5, 0.6) is 5.75 Å². The van der Waals surface area contributed by atoms with Crippen molar-refractivity contribution in [2.75, 3.05) is 20.3 Å². The lowest BCUT2D eigenvalue weighted by atomic mass is 9.99. The molecule has 1 unspecified atom stereocenters. The van der Waals surface area contributed by atoms with Crippen LogP contribution in [-0.4, -0.2) is 20.3 Å². The van der Waals surface area contributed by atoms with Gasteiger partial charge in [0.25, 0.3) is 0 Å². The molecule has 0 aromatic heterocycles. The third-order valence-corrected chi connectivity index (χ3v) is 6.00. The van der Waals surface area contributed by atoms with Gasteiger partial charge in [0.05, 0.1) is 20.3 Å². The molecule has 0 bridgehead atoms. The highest BCUT2D eigenvalue weighted by atomic mass is 79.9. The molecule has 0 aliphatic carbocycles. The lowest BCUT2D eigenvalue weighted by Gasteiger charge is -2.22. The second-order valence-electron chi connectivity index (χ2n) is 6.82. The van der Waals surface area contributed by atoms with E-state index in [2.05, 4.69) is 73.6 Å². The highest BCUT2D eigenvalue weighted by Gasteiger charge is 2.19. The van der Waals surface area contributed by atoms with Gasteiger partial charge in [-0.2, -0.15) is 0 Å². The van der Waals surface area contributed by atoms with E-state index in [0.29, 0.717) is 13.2 Å². The Morgan fingerprint density at radius 1 is 0.862 bits per heavy atom. The lowest BCUT2D eigenvalue weighted by molar-refractivity contribution is 0.106. The van der Waals surface area contributed by atoms with E-state index < -0.39 is 0 Å². The SMILES string of the molecule is COc1cc(Br)c(C(CNCc2ccccc2)COCc2ccccc2)c(Br)c1. The van der Waals surface area contributed by atoms with E-state index >= 15 is 0 Å². The minimum Gasteiger partial charge on any atom is -0.497 e. The van der Waals surface area contributed by atoms with Crippen LogP contribution in [0.4, 0.5) is 0 Å². The summed E-state index contributed by atoms with van der Waals surface area (Å²) < 4.78 is 13.5. The van der Waals surface area contributed by atoms with Crippen LogP contribution in [0.2, 0.25) is 0 Å². The Bertz CT molecular complexity index is 819. The first-order chi connectivity index (χ1) is 14.2. The molecule has 3 rings (SSSR count). The Hall–Kier alpha value is -1.66. The molecule has 5 heteroatoms. The molecule has 0 aliphatic rings. The zero-order valence-electron chi connectivity index (χ0n) is 16.4. The number of nitrogens with one attached hydrogen (secondary N) is 1. The van der Waals surface area contributed by atoms with Crippen LogP contribution in [0.1, 0.15) is 22.6 Å². The number of benzene rings is 3. The summed E-state index contributed by atoms with van der Waals surface area (Å²) in [6.07, 6.45) is 0. The van der Waals surface area contributed by atoms with Gasteiger partial charge in [-0.25, -0.2) is 0 Å². The average Bonchev–Trinajstić information content (AvgIpc) is 2.74. The molecule has 0 saturated heterocycles. The van der Waals surface area contributed by atoms with Gasteiger partial charge in [-0.15, -0.1) is 0 Å². The second kappa shape index (κ2) is 11.5. The average molecular weight is 519 g/mol. The van der Waals surface area contributed by atoms with Gasteiger partial charge < -0.3 is 14.8 Å². The molecule has 0 aliphatic heterocycles. The molecule has 3 aromatic carbocycles. The predicted octanol–water partition coefficient (Wildman–Crippen LogP) is 6.31. The van der Waals surface area contributed by atoms with Crippen molar-refractivity contribution in [3.8, 4) is 5.75 Å². The first-order valence-corrected chi connectivity index (χ1v) is 11.1. The molecule has 152 valence electrons. The van der Waals surface area contributed by atoms with Crippen LogP contribution in [-0.2, 0) is 17.9 Å². The quantitative estimate of drug-likeness (QED) is 0.341. The van der Waals surface area contributed by atoms with Crippen molar-refractivity contribution in [3.63, 3.8) is 0 Å². The van der Waals surface area contributed by atoms with Gasteiger partial charge in [0, 0.05) is 28.0 Å². The summed E-state index contributed by atoms with van der Waals surface area (Å²) in [5, 5.41) is 3.58. The molecule has 3 nitrogen and oxygen atoms in total. The molecule has 0 heterocycles. The standard InChI is InChI=1S/C24H25Br2NO2/c1-28-21-12-22(25)24(23(26)13-21)20(15-27-14-18-8-4-2-5-9-18)17-29-16-19-10-6-3-7-11-19/h2-13,20,27H,14-17H2,1H3. The maximum Gasteiger partial charge on any atom is 0.121 e. The highest BCUT2D eigenvalue weighted by molar-refractivity contribution is 9.11. The fourth-order valence-electron chi connectivity index (χ4n) is 3.19. The van der Waals surface area contributed by atoms with E-state index in [0.717, 1.165) is 27.8 Å². The Morgan fingerprint density at radius 3 is 2.03 bits per heavy atom. The first-order valence-electron chi connectivity index (χ1n) is 9.56. The molecule has 0 radical (unpaired) electrons. The van der Waals surface area contributed by atoms with Gasteiger partial charge in [-0.1, -0.05) is 92.5 Å². The first kappa shape index (κ1) is 22.0. The smallest absolute Gasteiger partial charge is 0.121 e. The van der Waals surface area contributed by atoms with Crippen molar-refractivity contribution in [1.82, 2.24) is 5.32 Å². The van der Waals surface area contributed by atoms with E-state index in [-0.39, 0.29) is 5.92 Å². The number of rotatable bonds is 10. The van der Waals surface area contributed by atoms with E-state index in [1.165, 1.54) is 16.7 Å². The van der Waals surface area contributed by atoms with Gasteiger partial charge in [-0.05, 0) is 28.8 Å². The minimum absolute atomic E-state index is 0.178. The summed E-state index contributed by atoms with van der Waals surface area (Å²) in [4.78, 5) is 0. The number of ether oxygens (including phenoxy) is 2. The third-order valence-electron chi connectivity index (χ3n) is 4.69. The Balaban J connectivity index is 1.70. The zero-order valence-corrected chi connectivity index (χ0v) is 19.6. The van der Waals surface area contributed by atoms with Gasteiger partial charge in [0.1, 0.15) is 5.75 Å². The van der Waals surface area contributed by atoms with Crippen LogP contribution in [0.3, 0.4) is 0 Å². The summed E-state index contributed by atoms with van der Waals surface area (Å²) >= 11 is 7.44. The van der Waals surface area contributed by atoms with Crippen molar-refractivity contribution in [3.05, 3.63) is 98.4 Å². The van der Waals surface area contributed by atoms with Gasteiger partial charge >= 0.3 is 0 Å². The molecule has 3 aromatic rings. The van der Waals surface area contributed by atoms with Crippen LogP contribution < -0.4 is 10.1 Å². The molecule has 1 atom stereocenters. The molecule has 0 fully saturated rings. The molecule has 29 heavy (non-hydrogen) atoms. The van der Waals surface area contributed by atoms with Crippen LogP contribution >= 0.6 is 31.9 Å². The number of hydrogen-bond donors (Lipinski definition) is 1. The molecule has 0 saturated carbocycles. The monoisotopic (exact) mass is 517 g/mol. The van der Waals surface area contributed by atoms with E-state index in [1.54, 1.807) is 7.11 Å². The molecular formula is C24H25Br2NO2. The van der Waals surface area contributed by atoms with E-state index in [4.69, 9.17) is 9.47 Å². The van der Waals surface area contributed by atoms with Crippen LogP contribution in [0.15, 0.2) is 81.7 Å². The third kappa shape index (κ3) is 6.68. The number of methoxy groups -OCH3 is 1. The summed E-state index contributed by atoms with van der Waals surface area (Å²) in [6.45, 7) is 2.83. The highest BCUT2D eigenvalue weighted by Crippen LogP contribution is 2.36. The summed E-state index contributed by atoms with van der Waals surface area (Å²) in [6, 6.07) is 24.7. The largest absolute Gasteiger partial charge is 0.497 e. The summed E-state index contributed by atoms with van der Waals surface area (Å²) in [5.41, 5.74) is 3.63. The topological polar surface area (TPSA) is 30.5 Å². The van der Waals surface area contributed by atoms with E-state index in [9.17, 15) is 0 Å². The Morgan fingerprint density at radius 2 is 1.45 bits per heavy atom.